The molecule has 116 valence electrons. The predicted octanol–water partition coefficient (Wildman–Crippen LogP) is 1.92. The van der Waals surface area contributed by atoms with Crippen molar-refractivity contribution >= 4 is 5.91 Å². The summed E-state index contributed by atoms with van der Waals surface area (Å²) < 4.78 is 0. The molecule has 2 N–H and O–H groups in total. The maximum Gasteiger partial charge on any atom is 0.234 e. The molecule has 0 aromatic carbocycles. The van der Waals surface area contributed by atoms with Gasteiger partial charge in [0.2, 0.25) is 5.91 Å². The van der Waals surface area contributed by atoms with E-state index in [2.05, 4.69) is 17.1 Å². The molecule has 0 spiro atoms. The number of hydrogen-bond donors (Lipinski definition) is 2. The molecule has 2 saturated carbocycles. The van der Waals surface area contributed by atoms with Crippen LogP contribution < -0.4 is 5.32 Å². The Morgan fingerprint density at radius 1 is 1.25 bits per heavy atom. The largest absolute Gasteiger partial charge is 0.396 e. The molecule has 2 fully saturated rings. The monoisotopic (exact) mass is 282 g/mol. The van der Waals surface area contributed by atoms with E-state index >= 15 is 0 Å². The third kappa shape index (κ3) is 4.74. The van der Waals surface area contributed by atoms with E-state index in [0.717, 1.165) is 6.54 Å². The zero-order valence-electron chi connectivity index (χ0n) is 12.8. The summed E-state index contributed by atoms with van der Waals surface area (Å²) in [5, 5.41) is 12.4. The van der Waals surface area contributed by atoms with E-state index in [0.29, 0.717) is 24.9 Å². The predicted molar refractivity (Wildman–Crippen MR) is 80.5 cm³/mol. The van der Waals surface area contributed by atoms with Gasteiger partial charge in [-0.1, -0.05) is 26.2 Å². The van der Waals surface area contributed by atoms with Crippen LogP contribution in [-0.4, -0.2) is 47.7 Å². The summed E-state index contributed by atoms with van der Waals surface area (Å²) >= 11 is 0. The van der Waals surface area contributed by atoms with Crippen LogP contribution in [0.25, 0.3) is 0 Å². The van der Waals surface area contributed by atoms with Gasteiger partial charge in [0, 0.05) is 18.7 Å². The molecular weight excluding hydrogens is 252 g/mol. The first kappa shape index (κ1) is 15.8. The fraction of sp³-hybridized carbons (Fsp3) is 0.938. The molecule has 1 unspecified atom stereocenters. The average molecular weight is 282 g/mol. The number of rotatable bonds is 8. The van der Waals surface area contributed by atoms with Crippen molar-refractivity contribution < 1.29 is 9.90 Å². The highest BCUT2D eigenvalue weighted by molar-refractivity contribution is 5.78. The Bertz CT molecular complexity index is 299. The molecule has 0 aliphatic heterocycles. The molecule has 0 aromatic rings. The smallest absolute Gasteiger partial charge is 0.234 e. The molecule has 0 saturated heterocycles. The molecule has 2 rings (SSSR count). The molecule has 0 heterocycles. The lowest BCUT2D eigenvalue weighted by atomic mass is 9.82. The minimum Gasteiger partial charge on any atom is -0.396 e. The normalized spacial score (nSPS) is 21.9. The second-order valence-corrected chi connectivity index (χ2v) is 6.38. The van der Waals surface area contributed by atoms with Crippen molar-refractivity contribution in [1.29, 1.82) is 0 Å². The van der Waals surface area contributed by atoms with E-state index < -0.39 is 0 Å². The lowest BCUT2D eigenvalue weighted by Gasteiger charge is -2.31. The molecule has 4 nitrogen and oxygen atoms in total. The van der Waals surface area contributed by atoms with Gasteiger partial charge in [0.05, 0.1) is 6.54 Å². The Labute approximate surface area is 122 Å². The fourth-order valence-electron chi connectivity index (χ4n) is 3.48. The number of likely N-dealkylation sites (N-methyl/N-ethyl adjacent to an activating group) is 1. The van der Waals surface area contributed by atoms with Crippen molar-refractivity contribution in [3.8, 4) is 0 Å². The van der Waals surface area contributed by atoms with E-state index in [9.17, 15) is 9.90 Å². The summed E-state index contributed by atoms with van der Waals surface area (Å²) in [4.78, 5) is 14.5. The summed E-state index contributed by atoms with van der Waals surface area (Å²) in [5.74, 6) is 0.707. The number of aliphatic hydroxyl groups is 1. The average Bonchev–Trinajstić information content (AvgIpc) is 3.30. The van der Waals surface area contributed by atoms with Crippen molar-refractivity contribution in [1.82, 2.24) is 10.2 Å². The standard InChI is InChI=1S/C16H30N2O2/c1-2-18(14-8-9-14)12-16(20)17-15(10-11-19)13-6-4-3-5-7-13/h13-15,19H,2-12H2,1H3,(H,17,20). The second-order valence-electron chi connectivity index (χ2n) is 6.38. The van der Waals surface area contributed by atoms with Crippen molar-refractivity contribution in [2.75, 3.05) is 19.7 Å². The lowest BCUT2D eigenvalue weighted by Crippen LogP contribution is -2.46. The van der Waals surface area contributed by atoms with Crippen LogP contribution in [0.3, 0.4) is 0 Å². The van der Waals surface area contributed by atoms with Crippen LogP contribution in [0.4, 0.5) is 0 Å². The quantitative estimate of drug-likeness (QED) is 0.715. The van der Waals surface area contributed by atoms with Crippen LogP contribution in [0.15, 0.2) is 0 Å². The minimum atomic E-state index is 0.141. The highest BCUT2D eigenvalue weighted by Crippen LogP contribution is 2.28. The number of carbonyl (C=O) groups excluding carboxylic acids is 1. The molecule has 4 heteroatoms. The van der Waals surface area contributed by atoms with Crippen LogP contribution in [-0.2, 0) is 4.79 Å². The Kier molecular flexibility index (Phi) is 6.30. The highest BCUT2D eigenvalue weighted by Gasteiger charge is 2.30. The highest BCUT2D eigenvalue weighted by atomic mass is 16.3. The summed E-state index contributed by atoms with van der Waals surface area (Å²) in [6.07, 6.45) is 9.44. The van der Waals surface area contributed by atoms with Crippen molar-refractivity contribution in [2.24, 2.45) is 5.92 Å². The zero-order valence-corrected chi connectivity index (χ0v) is 12.8. The summed E-state index contributed by atoms with van der Waals surface area (Å²) in [5.41, 5.74) is 0. The van der Waals surface area contributed by atoms with E-state index in [1.807, 2.05) is 0 Å². The number of amides is 1. The van der Waals surface area contributed by atoms with E-state index in [1.54, 1.807) is 0 Å². The lowest BCUT2D eigenvalue weighted by molar-refractivity contribution is -0.123. The molecule has 1 atom stereocenters. The maximum absolute atomic E-state index is 12.2. The Balaban J connectivity index is 1.81. The SMILES string of the molecule is CCN(CC(=O)NC(CCO)C1CCCCC1)C1CC1. The summed E-state index contributed by atoms with van der Waals surface area (Å²) in [6, 6.07) is 0.808. The van der Waals surface area contributed by atoms with Gasteiger partial charge in [-0.2, -0.15) is 0 Å². The van der Waals surface area contributed by atoms with Gasteiger partial charge in [0.25, 0.3) is 0 Å². The second kappa shape index (κ2) is 7.99. The van der Waals surface area contributed by atoms with Crippen molar-refractivity contribution in [2.45, 2.75) is 70.4 Å². The minimum absolute atomic E-state index is 0.141. The number of carbonyl (C=O) groups is 1. The first-order valence-corrected chi connectivity index (χ1v) is 8.38. The van der Waals surface area contributed by atoms with Crippen LogP contribution >= 0.6 is 0 Å². The van der Waals surface area contributed by atoms with Crippen LogP contribution in [0.2, 0.25) is 0 Å². The Morgan fingerprint density at radius 3 is 2.50 bits per heavy atom. The van der Waals surface area contributed by atoms with E-state index in [4.69, 9.17) is 0 Å². The van der Waals surface area contributed by atoms with Crippen molar-refractivity contribution in [3.63, 3.8) is 0 Å². The van der Waals surface area contributed by atoms with Gasteiger partial charge in [-0.15, -0.1) is 0 Å². The van der Waals surface area contributed by atoms with Gasteiger partial charge < -0.3 is 10.4 Å². The summed E-state index contributed by atoms with van der Waals surface area (Å²) in [7, 11) is 0. The summed E-state index contributed by atoms with van der Waals surface area (Å²) in [6.45, 7) is 3.77. The van der Waals surface area contributed by atoms with E-state index in [-0.39, 0.29) is 18.6 Å². The number of nitrogens with zero attached hydrogens (tertiary/aromatic N) is 1. The first-order valence-electron chi connectivity index (χ1n) is 8.38. The Hall–Kier alpha value is -0.610. The number of nitrogens with one attached hydrogen (secondary N) is 1. The van der Waals surface area contributed by atoms with Crippen LogP contribution in [0, 0.1) is 5.92 Å². The Morgan fingerprint density at radius 2 is 1.95 bits per heavy atom. The van der Waals surface area contributed by atoms with Gasteiger partial charge in [0.1, 0.15) is 0 Å². The molecule has 2 aliphatic carbocycles. The van der Waals surface area contributed by atoms with E-state index in [1.165, 1.54) is 44.9 Å². The number of hydrogen-bond acceptors (Lipinski definition) is 3. The molecule has 1 amide bonds. The molecule has 0 bridgehead atoms. The zero-order chi connectivity index (χ0) is 14.4. The maximum atomic E-state index is 12.2. The fourth-order valence-corrected chi connectivity index (χ4v) is 3.48. The molecular formula is C16H30N2O2. The van der Waals surface area contributed by atoms with Gasteiger partial charge in [0.15, 0.2) is 0 Å². The topological polar surface area (TPSA) is 52.6 Å². The molecule has 20 heavy (non-hydrogen) atoms. The van der Waals surface area contributed by atoms with Gasteiger partial charge >= 0.3 is 0 Å². The van der Waals surface area contributed by atoms with Crippen LogP contribution in [0.5, 0.6) is 0 Å². The number of aliphatic hydroxyl groups excluding tert-OH is 1. The van der Waals surface area contributed by atoms with Crippen molar-refractivity contribution in [3.05, 3.63) is 0 Å². The molecule has 0 aromatic heterocycles. The molecule has 0 radical (unpaired) electrons. The van der Waals surface area contributed by atoms with Gasteiger partial charge in [-0.25, -0.2) is 0 Å². The molecule has 2 aliphatic rings. The van der Waals surface area contributed by atoms with Crippen LogP contribution in [0.1, 0.15) is 58.3 Å². The van der Waals surface area contributed by atoms with Gasteiger partial charge in [-0.05, 0) is 44.6 Å². The third-order valence-electron chi connectivity index (χ3n) is 4.82. The first-order chi connectivity index (χ1) is 9.74. The van der Waals surface area contributed by atoms with Gasteiger partial charge in [-0.3, -0.25) is 9.69 Å². The third-order valence-corrected chi connectivity index (χ3v) is 4.82.